The molecule has 276 valence electrons. The van der Waals surface area contributed by atoms with Gasteiger partial charge in [-0.15, -0.1) is 0 Å². The molecule has 0 aliphatic carbocycles. The molecule has 1 N–H and O–H groups in total. The van der Waals surface area contributed by atoms with Gasteiger partial charge in [-0.25, -0.2) is 9.59 Å². The van der Waals surface area contributed by atoms with Gasteiger partial charge in [-0.2, -0.15) is 8.42 Å². The second kappa shape index (κ2) is 15.4. The summed E-state index contributed by atoms with van der Waals surface area (Å²) in [6.45, 7) is 4.92. The van der Waals surface area contributed by atoms with E-state index in [4.69, 9.17) is 22.8 Å². The van der Waals surface area contributed by atoms with Crippen molar-refractivity contribution in [2.75, 3.05) is 7.11 Å². The Balaban J connectivity index is 1.53. The normalized spacial score (nSPS) is 11.6. The Morgan fingerprint density at radius 3 is 1.94 bits per heavy atom. The molecule has 0 saturated heterocycles. The van der Waals surface area contributed by atoms with Crippen LogP contribution in [-0.2, 0) is 16.5 Å². The van der Waals surface area contributed by atoms with Gasteiger partial charge in [0.05, 0.1) is 29.4 Å². The van der Waals surface area contributed by atoms with E-state index in [0.29, 0.717) is 5.56 Å². The maximum Gasteiger partial charge on any atom is 0.343 e. The number of hydrogen-bond donors (Lipinski definition) is 1. The quantitative estimate of drug-likeness (QED) is 0.0744. The van der Waals surface area contributed by atoms with E-state index in [2.05, 4.69) is 0 Å². The van der Waals surface area contributed by atoms with E-state index in [9.17, 15) is 27.9 Å². The van der Waals surface area contributed by atoms with Crippen molar-refractivity contribution < 1.29 is 45.9 Å². The van der Waals surface area contributed by atoms with Gasteiger partial charge in [0.1, 0.15) is 27.9 Å². The van der Waals surface area contributed by atoms with Gasteiger partial charge in [-0.3, -0.25) is 4.79 Å². The van der Waals surface area contributed by atoms with E-state index in [1.807, 2.05) is 0 Å². The summed E-state index contributed by atoms with van der Waals surface area (Å²) in [5, 5.41) is 10.5. The first-order valence-corrected chi connectivity index (χ1v) is 18.2. The number of carbonyl (C=O) groups is 2. The summed E-state index contributed by atoms with van der Waals surface area (Å²) < 4.78 is 56.5. The van der Waals surface area contributed by atoms with Crippen molar-refractivity contribution in [1.82, 2.24) is 0 Å². The summed E-state index contributed by atoms with van der Waals surface area (Å²) >= 11 is 0. The number of esters is 2. The minimum Gasteiger partial charge on any atom is -0.493 e. The van der Waals surface area contributed by atoms with Crippen LogP contribution in [0.4, 0.5) is 0 Å². The molecule has 0 atom stereocenters. The Morgan fingerprint density at radius 1 is 0.778 bits per heavy atom. The van der Waals surface area contributed by atoms with Crippen LogP contribution in [0.1, 0.15) is 52.1 Å². The summed E-state index contributed by atoms with van der Waals surface area (Å²) in [6, 6.07) is 28.2. The Kier molecular flexibility index (Phi) is 10.7. The fourth-order valence-electron chi connectivity index (χ4n) is 5.57. The highest BCUT2D eigenvalue weighted by Gasteiger charge is 2.29. The second-order valence-corrected chi connectivity index (χ2v) is 14.6. The molecular formula is C42H36O11S. The predicted molar refractivity (Wildman–Crippen MR) is 201 cm³/mol. The molecule has 1 heterocycles. The van der Waals surface area contributed by atoms with Crippen molar-refractivity contribution in [3.63, 3.8) is 0 Å². The summed E-state index contributed by atoms with van der Waals surface area (Å²) in [5.74, 6) is -1.71. The zero-order valence-corrected chi connectivity index (χ0v) is 30.6. The van der Waals surface area contributed by atoms with Crippen LogP contribution in [0.3, 0.4) is 0 Å². The van der Waals surface area contributed by atoms with Gasteiger partial charge in [-0.05, 0) is 87.7 Å². The smallest absolute Gasteiger partial charge is 0.343 e. The molecule has 0 spiro atoms. The zero-order valence-electron chi connectivity index (χ0n) is 29.8. The van der Waals surface area contributed by atoms with Gasteiger partial charge in [0.15, 0.2) is 17.2 Å². The molecule has 0 unspecified atom stereocenters. The maximum absolute atomic E-state index is 14.6. The van der Waals surface area contributed by atoms with Gasteiger partial charge < -0.3 is 27.9 Å². The van der Waals surface area contributed by atoms with Gasteiger partial charge in [0.25, 0.3) is 0 Å². The molecule has 6 aromatic rings. The predicted octanol–water partition coefficient (Wildman–Crippen LogP) is 7.69. The minimum atomic E-state index is -4.59. The van der Waals surface area contributed by atoms with Crippen LogP contribution in [0.25, 0.3) is 22.1 Å². The van der Waals surface area contributed by atoms with Crippen molar-refractivity contribution in [1.29, 1.82) is 0 Å². The second-order valence-electron chi connectivity index (χ2n) is 13.1. The number of fused-ring (bicyclic) bond motifs is 1. The molecule has 0 saturated carbocycles. The first-order chi connectivity index (χ1) is 25.7. The molecule has 0 fully saturated rings. The fraction of sp³-hybridized carbons (Fsp3) is 0.167. The number of methoxy groups -OCH3 is 1. The highest BCUT2D eigenvalue weighted by Crippen LogP contribution is 2.41. The van der Waals surface area contributed by atoms with E-state index in [-0.39, 0.29) is 68.2 Å². The van der Waals surface area contributed by atoms with Crippen molar-refractivity contribution in [3.05, 3.63) is 148 Å². The molecule has 0 aliphatic rings. The topological polar surface area (TPSA) is 156 Å². The molecule has 54 heavy (non-hydrogen) atoms. The molecule has 0 bridgehead atoms. The highest BCUT2D eigenvalue weighted by molar-refractivity contribution is 7.87. The van der Waals surface area contributed by atoms with Crippen LogP contribution in [0.5, 0.6) is 23.0 Å². The third kappa shape index (κ3) is 8.35. The van der Waals surface area contributed by atoms with Crippen LogP contribution in [0, 0.1) is 6.92 Å². The fourth-order valence-corrected chi connectivity index (χ4v) is 6.54. The van der Waals surface area contributed by atoms with Crippen LogP contribution in [0.15, 0.2) is 130 Å². The van der Waals surface area contributed by atoms with Gasteiger partial charge in [-0.1, -0.05) is 60.2 Å². The number of aliphatic hydroxyl groups is 1. The molecule has 12 heteroatoms. The Labute approximate surface area is 311 Å². The molecule has 0 aliphatic heterocycles. The monoisotopic (exact) mass is 748 g/mol. The van der Waals surface area contributed by atoms with Crippen molar-refractivity contribution in [2.24, 2.45) is 0 Å². The summed E-state index contributed by atoms with van der Waals surface area (Å²) in [5.41, 5.74) is -0.430. The zero-order chi connectivity index (χ0) is 38.6. The number of carbonyl (C=O) groups excluding carboxylic acids is 2. The van der Waals surface area contributed by atoms with E-state index < -0.39 is 38.8 Å². The number of ether oxygens (including phenoxy) is 3. The Hall–Kier alpha value is -6.24. The highest BCUT2D eigenvalue weighted by atomic mass is 32.2. The average molecular weight is 749 g/mol. The molecule has 6 rings (SSSR count). The number of benzene rings is 5. The maximum atomic E-state index is 14.6. The lowest BCUT2D eigenvalue weighted by molar-refractivity contribution is 0.0699. The lowest BCUT2D eigenvalue weighted by atomic mass is 9.95. The lowest BCUT2D eigenvalue weighted by Crippen LogP contribution is -2.21. The largest absolute Gasteiger partial charge is 0.493 e. The molecule has 1 aromatic heterocycles. The van der Waals surface area contributed by atoms with Gasteiger partial charge in [0, 0.05) is 11.6 Å². The van der Waals surface area contributed by atoms with Gasteiger partial charge >= 0.3 is 22.1 Å². The molecule has 11 nitrogen and oxygen atoms in total. The first-order valence-electron chi connectivity index (χ1n) is 16.8. The summed E-state index contributed by atoms with van der Waals surface area (Å²) in [7, 11) is -3.22. The van der Waals surface area contributed by atoms with Crippen molar-refractivity contribution in [3.8, 4) is 34.1 Å². The number of rotatable bonds is 12. The van der Waals surface area contributed by atoms with E-state index >= 15 is 0 Å². The van der Waals surface area contributed by atoms with Crippen molar-refractivity contribution >= 4 is 33.0 Å². The third-order valence-corrected chi connectivity index (χ3v) is 9.71. The summed E-state index contributed by atoms with van der Waals surface area (Å²) in [6.07, 6.45) is 1.15. The molecular weight excluding hydrogens is 713 g/mol. The lowest BCUT2D eigenvalue weighted by Gasteiger charge is -2.21. The van der Waals surface area contributed by atoms with E-state index in [1.165, 1.54) is 49.8 Å². The average Bonchev–Trinajstić information content (AvgIpc) is 3.15. The van der Waals surface area contributed by atoms with Crippen LogP contribution < -0.4 is 23.8 Å². The van der Waals surface area contributed by atoms with Crippen molar-refractivity contribution in [2.45, 2.75) is 44.1 Å². The SMILES string of the molecule is COc1cc(-c2coc3cc(OC(=O)c4ccccc4)c(CCC(C)(C)O)c(OS(=O)(=O)c4ccc(C)cc4)c3c2=O)ccc1OC(=O)c1ccccc1. The molecule has 0 amide bonds. The van der Waals surface area contributed by atoms with Crippen LogP contribution in [-0.4, -0.2) is 38.2 Å². The molecule has 5 aromatic carbocycles. The van der Waals surface area contributed by atoms with Crippen LogP contribution in [0.2, 0.25) is 0 Å². The van der Waals surface area contributed by atoms with Gasteiger partial charge in [0.2, 0.25) is 5.43 Å². The standard InChI is InChI=1S/C42H36O11S/c1-26-15-18-30(19-16-26)54(47,48)53-39-31(21-22-42(2,3)46)34(52-41(45)28-13-9-6-10-14-28)24-36-37(39)38(43)32(25-50-36)29-17-20-33(35(23-29)49-4)51-40(44)27-11-7-5-8-12-27/h5-20,23-25,46H,21-22H2,1-4H3. The van der Waals surface area contributed by atoms with E-state index in [0.717, 1.165) is 5.56 Å². The third-order valence-electron chi connectivity index (χ3n) is 8.47. The van der Waals surface area contributed by atoms with Crippen LogP contribution >= 0.6 is 0 Å². The number of aryl methyl sites for hydroxylation is 1. The molecule has 0 radical (unpaired) electrons. The minimum absolute atomic E-state index is 0.0122. The summed E-state index contributed by atoms with van der Waals surface area (Å²) in [4.78, 5) is 40.5. The van der Waals surface area contributed by atoms with E-state index in [1.54, 1.807) is 93.6 Å². The Bertz CT molecular complexity index is 2500. The number of hydrogen-bond acceptors (Lipinski definition) is 11. The Morgan fingerprint density at radius 2 is 1.37 bits per heavy atom. The first kappa shape index (κ1) is 37.5.